The van der Waals surface area contributed by atoms with E-state index in [0.717, 1.165) is 23.1 Å². The standard InChI is InChI=1S/C13H15N3OS/c1-3-17-9(2)13-15-14-12-8-18-11-7-5-4-6-10(11)16(12)13/h4-7,9H,3,8H2,1-2H3. The summed E-state index contributed by atoms with van der Waals surface area (Å²) in [7, 11) is 0. The molecule has 0 bridgehead atoms. The van der Waals surface area contributed by atoms with E-state index < -0.39 is 0 Å². The number of rotatable bonds is 3. The van der Waals surface area contributed by atoms with Crippen LogP contribution in [0.2, 0.25) is 0 Å². The van der Waals surface area contributed by atoms with Crippen molar-refractivity contribution in [3.05, 3.63) is 35.9 Å². The molecular formula is C13H15N3OS. The number of hydrogen-bond donors (Lipinski definition) is 0. The number of para-hydroxylation sites is 1. The summed E-state index contributed by atoms with van der Waals surface area (Å²) in [5.74, 6) is 2.75. The lowest BCUT2D eigenvalue weighted by atomic mass is 10.3. The molecule has 0 N–H and O–H groups in total. The molecule has 1 aromatic heterocycles. The Bertz CT molecular complexity index is 567. The van der Waals surface area contributed by atoms with Crippen LogP contribution in [-0.4, -0.2) is 21.4 Å². The topological polar surface area (TPSA) is 39.9 Å². The number of ether oxygens (including phenoxy) is 1. The van der Waals surface area contributed by atoms with E-state index in [2.05, 4.69) is 33.0 Å². The van der Waals surface area contributed by atoms with Gasteiger partial charge in [0.2, 0.25) is 0 Å². The predicted molar refractivity (Wildman–Crippen MR) is 71.0 cm³/mol. The van der Waals surface area contributed by atoms with E-state index in [4.69, 9.17) is 4.74 Å². The summed E-state index contributed by atoms with van der Waals surface area (Å²) in [6, 6.07) is 8.35. The van der Waals surface area contributed by atoms with E-state index in [0.29, 0.717) is 6.61 Å². The first kappa shape index (κ1) is 11.7. The minimum absolute atomic E-state index is 0.0348. The third kappa shape index (κ3) is 1.83. The molecular weight excluding hydrogens is 246 g/mol. The van der Waals surface area contributed by atoms with Gasteiger partial charge in [0.1, 0.15) is 11.9 Å². The molecule has 2 heterocycles. The smallest absolute Gasteiger partial charge is 0.166 e. The maximum absolute atomic E-state index is 5.64. The molecule has 0 fully saturated rings. The van der Waals surface area contributed by atoms with Gasteiger partial charge in [-0.15, -0.1) is 22.0 Å². The summed E-state index contributed by atoms with van der Waals surface area (Å²) in [6.45, 7) is 4.69. The highest BCUT2D eigenvalue weighted by Crippen LogP contribution is 2.36. The van der Waals surface area contributed by atoms with Gasteiger partial charge in [0.05, 0.1) is 11.4 Å². The SMILES string of the molecule is CCOC(C)c1nnc2n1-c1ccccc1SC2. The molecule has 0 radical (unpaired) electrons. The van der Waals surface area contributed by atoms with Gasteiger partial charge < -0.3 is 4.74 Å². The molecule has 5 heteroatoms. The quantitative estimate of drug-likeness (QED) is 0.851. The van der Waals surface area contributed by atoms with Crippen LogP contribution >= 0.6 is 11.8 Å². The van der Waals surface area contributed by atoms with E-state index in [1.54, 1.807) is 11.8 Å². The van der Waals surface area contributed by atoms with Crippen LogP contribution in [0.15, 0.2) is 29.2 Å². The molecule has 1 aliphatic rings. The van der Waals surface area contributed by atoms with Crippen molar-refractivity contribution < 1.29 is 4.74 Å². The van der Waals surface area contributed by atoms with E-state index in [1.165, 1.54) is 4.90 Å². The lowest BCUT2D eigenvalue weighted by molar-refractivity contribution is 0.0686. The van der Waals surface area contributed by atoms with Gasteiger partial charge in [0.15, 0.2) is 5.82 Å². The van der Waals surface area contributed by atoms with Crippen molar-refractivity contribution >= 4 is 11.8 Å². The lowest BCUT2D eigenvalue weighted by Crippen LogP contribution is -2.13. The van der Waals surface area contributed by atoms with Crippen LogP contribution in [0.3, 0.4) is 0 Å². The van der Waals surface area contributed by atoms with Crippen LogP contribution in [0.1, 0.15) is 31.6 Å². The Morgan fingerprint density at radius 3 is 3.06 bits per heavy atom. The van der Waals surface area contributed by atoms with Crippen molar-refractivity contribution in [1.29, 1.82) is 0 Å². The van der Waals surface area contributed by atoms with E-state index in [-0.39, 0.29) is 6.10 Å². The van der Waals surface area contributed by atoms with Gasteiger partial charge in [-0.05, 0) is 26.0 Å². The second-order valence-electron chi connectivity index (χ2n) is 4.16. The first-order chi connectivity index (χ1) is 8.81. The molecule has 4 nitrogen and oxygen atoms in total. The average molecular weight is 261 g/mol. The molecule has 3 rings (SSSR count). The Kier molecular flexibility index (Phi) is 3.09. The number of benzene rings is 1. The molecule has 0 saturated carbocycles. The fraction of sp³-hybridized carbons (Fsp3) is 0.385. The number of thioether (sulfide) groups is 1. The van der Waals surface area contributed by atoms with Crippen LogP contribution in [0.4, 0.5) is 0 Å². The summed E-state index contributed by atoms with van der Waals surface area (Å²) in [4.78, 5) is 1.27. The van der Waals surface area contributed by atoms with Gasteiger partial charge in [-0.25, -0.2) is 0 Å². The Morgan fingerprint density at radius 1 is 1.39 bits per heavy atom. The molecule has 1 unspecified atom stereocenters. The molecule has 0 amide bonds. The van der Waals surface area contributed by atoms with Crippen molar-refractivity contribution in [2.45, 2.75) is 30.6 Å². The fourth-order valence-corrected chi connectivity index (χ4v) is 3.13. The monoisotopic (exact) mass is 261 g/mol. The summed E-state index contributed by atoms with van der Waals surface area (Å²) in [5, 5.41) is 8.56. The molecule has 2 aromatic rings. The average Bonchev–Trinajstić information content (AvgIpc) is 2.83. The van der Waals surface area contributed by atoms with Crippen LogP contribution in [0, 0.1) is 0 Å². The second kappa shape index (κ2) is 4.74. The zero-order chi connectivity index (χ0) is 12.5. The maximum atomic E-state index is 5.64. The zero-order valence-electron chi connectivity index (χ0n) is 10.5. The van der Waals surface area contributed by atoms with Gasteiger partial charge in [0, 0.05) is 11.5 Å². The molecule has 94 valence electrons. The van der Waals surface area contributed by atoms with Crippen LogP contribution in [0.25, 0.3) is 5.69 Å². The summed E-state index contributed by atoms with van der Waals surface area (Å²) >= 11 is 1.81. The Hall–Kier alpha value is -1.33. The maximum Gasteiger partial charge on any atom is 0.166 e. The predicted octanol–water partition coefficient (Wildman–Crippen LogP) is 2.97. The number of aromatic nitrogens is 3. The summed E-state index contributed by atoms with van der Waals surface area (Å²) < 4.78 is 7.77. The van der Waals surface area contributed by atoms with E-state index in [1.807, 2.05) is 19.9 Å². The summed E-state index contributed by atoms with van der Waals surface area (Å²) in [5.41, 5.74) is 1.16. The number of fused-ring (bicyclic) bond motifs is 3. The highest BCUT2D eigenvalue weighted by molar-refractivity contribution is 7.98. The molecule has 1 atom stereocenters. The molecule has 18 heavy (non-hydrogen) atoms. The normalized spacial score (nSPS) is 15.0. The third-order valence-corrected chi connectivity index (χ3v) is 4.06. The van der Waals surface area contributed by atoms with Crippen molar-refractivity contribution in [3.8, 4) is 5.69 Å². The summed E-state index contributed by atoms with van der Waals surface area (Å²) in [6.07, 6.45) is -0.0348. The first-order valence-electron chi connectivity index (χ1n) is 6.09. The van der Waals surface area contributed by atoms with E-state index in [9.17, 15) is 0 Å². The van der Waals surface area contributed by atoms with Crippen LogP contribution in [-0.2, 0) is 10.5 Å². The molecule has 1 aromatic carbocycles. The molecule has 1 aliphatic heterocycles. The lowest BCUT2D eigenvalue weighted by Gasteiger charge is -2.20. The highest BCUT2D eigenvalue weighted by Gasteiger charge is 2.24. The molecule has 0 aliphatic carbocycles. The second-order valence-corrected chi connectivity index (χ2v) is 5.18. The van der Waals surface area contributed by atoms with Crippen molar-refractivity contribution in [2.24, 2.45) is 0 Å². The van der Waals surface area contributed by atoms with Gasteiger partial charge in [-0.3, -0.25) is 4.57 Å². The van der Waals surface area contributed by atoms with Crippen molar-refractivity contribution in [3.63, 3.8) is 0 Å². The fourth-order valence-electron chi connectivity index (χ4n) is 2.18. The van der Waals surface area contributed by atoms with Crippen LogP contribution in [0.5, 0.6) is 0 Å². The van der Waals surface area contributed by atoms with E-state index >= 15 is 0 Å². The van der Waals surface area contributed by atoms with Crippen LogP contribution < -0.4 is 0 Å². The third-order valence-electron chi connectivity index (χ3n) is 3.00. The zero-order valence-corrected chi connectivity index (χ0v) is 11.3. The first-order valence-corrected chi connectivity index (χ1v) is 7.07. The van der Waals surface area contributed by atoms with Crippen molar-refractivity contribution in [1.82, 2.24) is 14.8 Å². The number of hydrogen-bond acceptors (Lipinski definition) is 4. The van der Waals surface area contributed by atoms with Gasteiger partial charge in [-0.2, -0.15) is 0 Å². The largest absolute Gasteiger partial charge is 0.371 e. The molecule has 0 spiro atoms. The van der Waals surface area contributed by atoms with Gasteiger partial charge >= 0.3 is 0 Å². The van der Waals surface area contributed by atoms with Gasteiger partial charge in [-0.1, -0.05) is 12.1 Å². The Balaban J connectivity index is 2.10. The van der Waals surface area contributed by atoms with Gasteiger partial charge in [0.25, 0.3) is 0 Å². The van der Waals surface area contributed by atoms with Crippen molar-refractivity contribution in [2.75, 3.05) is 6.61 Å². The Labute approximate surface area is 110 Å². The number of nitrogens with zero attached hydrogens (tertiary/aromatic N) is 3. The minimum atomic E-state index is -0.0348. The Morgan fingerprint density at radius 2 is 2.22 bits per heavy atom. The molecule has 0 saturated heterocycles. The highest BCUT2D eigenvalue weighted by atomic mass is 32.2. The minimum Gasteiger partial charge on any atom is -0.371 e.